The van der Waals surface area contributed by atoms with Gasteiger partial charge in [0.05, 0.1) is 5.56 Å². The van der Waals surface area contributed by atoms with Crippen LogP contribution in [0.5, 0.6) is 0 Å². The summed E-state index contributed by atoms with van der Waals surface area (Å²) in [6.45, 7) is 3.88. The van der Waals surface area contributed by atoms with Gasteiger partial charge in [0.15, 0.2) is 0 Å². The second kappa shape index (κ2) is 4.39. The summed E-state index contributed by atoms with van der Waals surface area (Å²) in [6.07, 6.45) is 0. The van der Waals surface area contributed by atoms with E-state index in [0.717, 1.165) is 16.3 Å². The number of benzene rings is 1. The van der Waals surface area contributed by atoms with Crippen molar-refractivity contribution in [1.29, 1.82) is 0 Å². The van der Waals surface area contributed by atoms with Gasteiger partial charge in [0, 0.05) is 7.11 Å². The Hall–Kier alpha value is -1.13. The zero-order chi connectivity index (χ0) is 10.7. The Kier molecular flexibility index (Phi) is 3.43. The summed E-state index contributed by atoms with van der Waals surface area (Å²) >= 11 is 0. The first-order valence-electron chi connectivity index (χ1n) is 4.20. The third-order valence-electron chi connectivity index (χ3n) is 2.17. The van der Waals surface area contributed by atoms with Gasteiger partial charge >= 0.3 is 5.97 Å². The first-order valence-corrected chi connectivity index (χ1v) is 5.11. The van der Waals surface area contributed by atoms with Crippen molar-refractivity contribution >= 4 is 20.9 Å². The van der Waals surface area contributed by atoms with Crippen LogP contribution >= 0.6 is 0 Å². The summed E-state index contributed by atoms with van der Waals surface area (Å²) < 4.78 is 5.02. The van der Waals surface area contributed by atoms with Crippen molar-refractivity contribution in [2.24, 2.45) is 0 Å². The van der Waals surface area contributed by atoms with Crippen LogP contribution in [0.2, 0.25) is 0 Å². The van der Waals surface area contributed by atoms with E-state index in [1.54, 1.807) is 13.2 Å². The fraction of sp³-hybridized carbons (Fsp3) is 0.300. The van der Waals surface area contributed by atoms with Crippen molar-refractivity contribution in [1.82, 2.24) is 0 Å². The lowest BCUT2D eigenvalue weighted by Gasteiger charge is -2.09. The van der Waals surface area contributed by atoms with E-state index >= 15 is 0 Å². The molecule has 0 heterocycles. The second-order valence-corrected chi connectivity index (χ2v) is 4.15. The van der Waals surface area contributed by atoms with Gasteiger partial charge in [-0.2, -0.15) is 0 Å². The van der Waals surface area contributed by atoms with Gasteiger partial charge in [0.25, 0.3) is 9.76 Å². The lowest BCUT2D eigenvalue weighted by atomic mass is 10.1. The molecule has 0 saturated carbocycles. The number of rotatable bonds is 3. The van der Waals surface area contributed by atoms with E-state index in [2.05, 4.69) is 0 Å². The van der Waals surface area contributed by atoms with Gasteiger partial charge in [0.2, 0.25) is 0 Å². The molecule has 0 amide bonds. The van der Waals surface area contributed by atoms with E-state index in [1.165, 1.54) is 0 Å². The predicted molar refractivity (Wildman–Crippen MR) is 55.3 cm³/mol. The number of carboxylic acids is 1. The molecule has 74 valence electrons. The molecule has 0 atom stereocenters. The van der Waals surface area contributed by atoms with Gasteiger partial charge in [0.1, 0.15) is 0 Å². The molecule has 1 N–H and O–H groups in total. The van der Waals surface area contributed by atoms with Crippen LogP contribution in [0.4, 0.5) is 0 Å². The third kappa shape index (κ3) is 2.02. The Labute approximate surface area is 85.7 Å². The molecular weight excluding hydrogens is 196 g/mol. The summed E-state index contributed by atoms with van der Waals surface area (Å²) in [4.78, 5) is 10.9. The monoisotopic (exact) mass is 208 g/mol. The minimum Gasteiger partial charge on any atom is -0.478 e. The Balaban J connectivity index is 3.29. The first-order chi connectivity index (χ1) is 6.57. The molecule has 3 nitrogen and oxygen atoms in total. The number of hydrogen-bond acceptors (Lipinski definition) is 2. The zero-order valence-corrected chi connectivity index (χ0v) is 9.42. The minimum atomic E-state index is -0.896. The van der Waals surface area contributed by atoms with Gasteiger partial charge in [-0.25, -0.2) is 4.79 Å². The zero-order valence-electron chi connectivity index (χ0n) is 8.42. The second-order valence-electron chi connectivity index (χ2n) is 3.04. The van der Waals surface area contributed by atoms with Crippen molar-refractivity contribution in [3.8, 4) is 0 Å². The van der Waals surface area contributed by atoms with E-state index < -0.39 is 5.97 Å². The lowest BCUT2D eigenvalue weighted by Crippen LogP contribution is -2.27. The van der Waals surface area contributed by atoms with Crippen LogP contribution in [0.1, 0.15) is 21.5 Å². The molecule has 0 fully saturated rings. The van der Waals surface area contributed by atoms with E-state index in [9.17, 15) is 4.79 Å². The molecule has 1 aromatic carbocycles. The fourth-order valence-corrected chi connectivity index (χ4v) is 2.08. The maximum atomic E-state index is 10.9. The minimum absolute atomic E-state index is 0.0931. The van der Waals surface area contributed by atoms with Crippen LogP contribution in [0.3, 0.4) is 0 Å². The maximum absolute atomic E-state index is 10.9. The van der Waals surface area contributed by atoms with E-state index in [-0.39, 0.29) is 9.76 Å². The Morgan fingerprint density at radius 1 is 1.43 bits per heavy atom. The first kappa shape index (κ1) is 10.9. The number of hydrogen-bond donors (Lipinski definition) is 1. The molecule has 2 radical (unpaired) electrons. The Morgan fingerprint density at radius 3 is 2.57 bits per heavy atom. The van der Waals surface area contributed by atoms with Crippen molar-refractivity contribution < 1.29 is 14.3 Å². The summed E-state index contributed by atoms with van der Waals surface area (Å²) in [5.74, 6) is -0.896. The molecule has 0 spiro atoms. The van der Waals surface area contributed by atoms with Gasteiger partial charge in [-0.3, -0.25) is 0 Å². The molecule has 0 aliphatic carbocycles. The van der Waals surface area contributed by atoms with Crippen molar-refractivity contribution in [2.75, 3.05) is 7.11 Å². The molecule has 0 bridgehead atoms. The number of carbonyl (C=O) groups is 1. The van der Waals surface area contributed by atoms with Gasteiger partial charge in [-0.05, 0) is 36.2 Å². The largest absolute Gasteiger partial charge is 0.478 e. The van der Waals surface area contributed by atoms with Crippen LogP contribution in [-0.2, 0) is 4.43 Å². The molecule has 0 aliphatic rings. The molecule has 1 aromatic rings. The van der Waals surface area contributed by atoms with Gasteiger partial charge in [-0.15, -0.1) is 0 Å². The molecule has 0 unspecified atom stereocenters. The maximum Gasteiger partial charge on any atom is 0.335 e. The van der Waals surface area contributed by atoms with Gasteiger partial charge in [-0.1, -0.05) is 6.07 Å². The standard InChI is InChI=1S/C10H12O3Si/c1-6-4-5-8(10(11)12)9(7(6)2)14-13-3/h4-5H,1-3H3,(H,11,12). The molecule has 1 rings (SSSR count). The summed E-state index contributed by atoms with van der Waals surface area (Å²) in [5.41, 5.74) is 2.44. The van der Waals surface area contributed by atoms with Crippen LogP contribution in [0.25, 0.3) is 0 Å². The molecule has 0 aliphatic heterocycles. The number of aromatic carboxylic acids is 1. The van der Waals surface area contributed by atoms with Crippen molar-refractivity contribution in [3.63, 3.8) is 0 Å². The topological polar surface area (TPSA) is 46.5 Å². The summed E-state index contributed by atoms with van der Waals surface area (Å²) in [7, 11) is 1.67. The van der Waals surface area contributed by atoms with Crippen molar-refractivity contribution in [2.45, 2.75) is 13.8 Å². The van der Waals surface area contributed by atoms with Crippen molar-refractivity contribution in [3.05, 3.63) is 28.8 Å². The predicted octanol–water partition coefficient (Wildman–Crippen LogP) is 0.893. The molecule has 4 heteroatoms. The molecule has 14 heavy (non-hydrogen) atoms. The SMILES string of the molecule is CO[Si]c1c(C(=O)O)ccc(C)c1C. The van der Waals surface area contributed by atoms with Crippen LogP contribution in [-0.4, -0.2) is 27.9 Å². The number of aryl methyl sites for hydroxylation is 1. The average molecular weight is 208 g/mol. The quantitative estimate of drug-likeness (QED) is 0.750. The highest BCUT2D eigenvalue weighted by atomic mass is 28.2. The third-order valence-corrected chi connectivity index (χ3v) is 3.22. The highest BCUT2D eigenvalue weighted by molar-refractivity contribution is 6.50. The van der Waals surface area contributed by atoms with Crippen LogP contribution < -0.4 is 5.19 Å². The number of carboxylic acid groups (broad SMARTS) is 1. The average Bonchev–Trinajstić information content (AvgIpc) is 2.13. The van der Waals surface area contributed by atoms with Gasteiger partial charge < -0.3 is 9.53 Å². The molecule has 0 aromatic heterocycles. The highest BCUT2D eigenvalue weighted by Gasteiger charge is 2.14. The molecule has 0 saturated heterocycles. The summed E-state index contributed by atoms with van der Waals surface area (Å²) in [5, 5.41) is 9.75. The summed E-state index contributed by atoms with van der Waals surface area (Å²) in [6, 6.07) is 3.45. The van der Waals surface area contributed by atoms with E-state index in [0.29, 0.717) is 5.56 Å². The highest BCUT2D eigenvalue weighted by Crippen LogP contribution is 2.07. The molecular formula is C10H12O3Si. The fourth-order valence-electron chi connectivity index (χ4n) is 1.23. The Morgan fingerprint density at radius 2 is 2.07 bits per heavy atom. The van der Waals surface area contributed by atoms with E-state index in [1.807, 2.05) is 19.9 Å². The van der Waals surface area contributed by atoms with Crippen LogP contribution in [0.15, 0.2) is 12.1 Å². The smallest absolute Gasteiger partial charge is 0.335 e. The lowest BCUT2D eigenvalue weighted by molar-refractivity contribution is 0.0698. The van der Waals surface area contributed by atoms with E-state index in [4.69, 9.17) is 9.53 Å². The van der Waals surface area contributed by atoms with Crippen LogP contribution in [0, 0.1) is 13.8 Å². The Bertz CT molecular complexity index is 361. The normalized spacial score (nSPS) is 10.2.